The minimum atomic E-state index is 0.750. The molecular formula is C20H14ClN. The predicted octanol–water partition coefficient (Wildman–Crippen LogP) is 6.16. The van der Waals surface area contributed by atoms with Crippen molar-refractivity contribution in [1.29, 1.82) is 0 Å². The molecule has 1 N–H and O–H groups in total. The third-order valence-corrected chi connectivity index (χ3v) is 4.12. The summed E-state index contributed by atoms with van der Waals surface area (Å²) >= 11 is 6.04. The lowest BCUT2D eigenvalue weighted by atomic mass is 10.0. The Morgan fingerprint density at radius 3 is 2.09 bits per heavy atom. The van der Waals surface area contributed by atoms with Crippen LogP contribution in [0.15, 0.2) is 78.9 Å². The van der Waals surface area contributed by atoms with E-state index in [4.69, 9.17) is 11.6 Å². The molecule has 0 aliphatic rings. The van der Waals surface area contributed by atoms with Gasteiger partial charge in [-0.25, -0.2) is 0 Å². The molecule has 0 aliphatic carbocycles. The lowest BCUT2D eigenvalue weighted by Gasteiger charge is -2.03. The van der Waals surface area contributed by atoms with Crippen LogP contribution in [-0.2, 0) is 0 Å². The highest BCUT2D eigenvalue weighted by Gasteiger charge is 2.04. The van der Waals surface area contributed by atoms with Gasteiger partial charge in [-0.15, -0.1) is 0 Å². The van der Waals surface area contributed by atoms with Gasteiger partial charge in [-0.05, 0) is 34.9 Å². The summed E-state index contributed by atoms with van der Waals surface area (Å²) < 4.78 is 0. The van der Waals surface area contributed by atoms with E-state index in [9.17, 15) is 0 Å². The second kappa shape index (κ2) is 5.36. The smallest absolute Gasteiger partial charge is 0.0473 e. The van der Waals surface area contributed by atoms with Crippen LogP contribution in [0, 0.1) is 0 Å². The van der Waals surface area contributed by atoms with E-state index in [0.717, 1.165) is 16.2 Å². The molecule has 0 saturated heterocycles. The highest BCUT2D eigenvalue weighted by atomic mass is 35.5. The number of hydrogen-bond acceptors (Lipinski definition) is 0. The first kappa shape index (κ1) is 13.2. The molecule has 3 aromatic carbocycles. The van der Waals surface area contributed by atoms with Crippen LogP contribution in [0.1, 0.15) is 0 Å². The van der Waals surface area contributed by atoms with Crippen LogP contribution in [0.4, 0.5) is 0 Å². The predicted molar refractivity (Wildman–Crippen MR) is 94.2 cm³/mol. The lowest BCUT2D eigenvalue weighted by Crippen LogP contribution is -1.80. The molecule has 0 spiro atoms. The first-order chi connectivity index (χ1) is 10.8. The minimum absolute atomic E-state index is 0.750. The minimum Gasteiger partial charge on any atom is -0.354 e. The standard InChI is InChI=1S/C20H14ClN/c21-18-11-10-17-12-19(22-20(17)13-18)16-8-6-15(7-9-16)14-4-2-1-3-5-14/h1-13,22H. The number of benzene rings is 3. The van der Waals surface area contributed by atoms with Crippen LogP contribution in [0.2, 0.25) is 5.02 Å². The van der Waals surface area contributed by atoms with Gasteiger partial charge in [-0.1, -0.05) is 72.3 Å². The molecule has 0 saturated carbocycles. The van der Waals surface area contributed by atoms with E-state index in [-0.39, 0.29) is 0 Å². The number of halogens is 1. The van der Waals surface area contributed by atoms with Gasteiger partial charge in [0.15, 0.2) is 0 Å². The largest absolute Gasteiger partial charge is 0.354 e. The summed E-state index contributed by atoms with van der Waals surface area (Å²) in [5, 5.41) is 1.92. The van der Waals surface area contributed by atoms with Crippen molar-refractivity contribution >= 4 is 22.5 Å². The quantitative estimate of drug-likeness (QED) is 0.457. The fraction of sp³-hybridized carbons (Fsp3) is 0. The average Bonchev–Trinajstić information content (AvgIpc) is 2.99. The molecule has 4 rings (SSSR count). The van der Waals surface area contributed by atoms with E-state index in [1.807, 2.05) is 24.3 Å². The Bertz CT molecular complexity index is 921. The van der Waals surface area contributed by atoms with Crippen molar-refractivity contribution in [1.82, 2.24) is 4.98 Å². The number of nitrogens with one attached hydrogen (secondary N) is 1. The summed E-state index contributed by atoms with van der Waals surface area (Å²) in [6.07, 6.45) is 0. The van der Waals surface area contributed by atoms with Crippen LogP contribution < -0.4 is 0 Å². The maximum absolute atomic E-state index is 6.04. The van der Waals surface area contributed by atoms with Gasteiger partial charge in [0.1, 0.15) is 0 Å². The second-order valence-corrected chi connectivity index (χ2v) is 5.79. The van der Waals surface area contributed by atoms with Gasteiger partial charge < -0.3 is 4.98 Å². The Labute approximate surface area is 134 Å². The van der Waals surface area contributed by atoms with Crippen LogP contribution in [0.3, 0.4) is 0 Å². The van der Waals surface area contributed by atoms with Gasteiger partial charge in [0, 0.05) is 21.6 Å². The summed E-state index contributed by atoms with van der Waals surface area (Å²) in [5.41, 5.74) is 5.81. The summed E-state index contributed by atoms with van der Waals surface area (Å²) in [4.78, 5) is 3.43. The van der Waals surface area contributed by atoms with Crippen LogP contribution in [0.25, 0.3) is 33.3 Å². The highest BCUT2D eigenvalue weighted by molar-refractivity contribution is 6.31. The molecule has 0 atom stereocenters. The SMILES string of the molecule is Clc1ccc2cc(-c3ccc(-c4ccccc4)cc3)[nH]c2c1. The zero-order valence-corrected chi connectivity index (χ0v) is 12.6. The van der Waals surface area contributed by atoms with Crippen molar-refractivity contribution in [2.75, 3.05) is 0 Å². The Kier molecular flexibility index (Phi) is 3.21. The molecule has 2 heteroatoms. The van der Waals surface area contributed by atoms with Gasteiger partial charge in [0.25, 0.3) is 0 Å². The van der Waals surface area contributed by atoms with Gasteiger partial charge in [-0.3, -0.25) is 0 Å². The number of rotatable bonds is 2. The second-order valence-electron chi connectivity index (χ2n) is 5.36. The van der Waals surface area contributed by atoms with Crippen molar-refractivity contribution in [3.8, 4) is 22.4 Å². The van der Waals surface area contributed by atoms with Crippen molar-refractivity contribution in [2.45, 2.75) is 0 Å². The monoisotopic (exact) mass is 303 g/mol. The highest BCUT2D eigenvalue weighted by Crippen LogP contribution is 2.28. The number of aromatic nitrogens is 1. The Balaban J connectivity index is 1.73. The van der Waals surface area contributed by atoms with E-state index < -0.39 is 0 Å². The van der Waals surface area contributed by atoms with E-state index in [1.165, 1.54) is 22.1 Å². The summed E-state index contributed by atoms with van der Waals surface area (Å²) in [5.74, 6) is 0. The van der Waals surface area contributed by atoms with Crippen molar-refractivity contribution in [3.05, 3.63) is 83.9 Å². The molecule has 1 aromatic heterocycles. The molecule has 0 fully saturated rings. The lowest BCUT2D eigenvalue weighted by molar-refractivity contribution is 1.45. The maximum atomic E-state index is 6.04. The zero-order valence-electron chi connectivity index (χ0n) is 11.9. The van der Waals surface area contributed by atoms with Gasteiger partial charge in [-0.2, -0.15) is 0 Å². The van der Waals surface area contributed by atoms with Crippen LogP contribution in [-0.4, -0.2) is 4.98 Å². The average molecular weight is 304 g/mol. The molecule has 0 amide bonds. The van der Waals surface area contributed by atoms with E-state index in [1.54, 1.807) is 0 Å². The maximum Gasteiger partial charge on any atom is 0.0473 e. The first-order valence-corrected chi connectivity index (χ1v) is 7.61. The first-order valence-electron chi connectivity index (χ1n) is 7.24. The third kappa shape index (κ3) is 2.40. The van der Waals surface area contributed by atoms with Crippen molar-refractivity contribution in [3.63, 3.8) is 0 Å². The van der Waals surface area contributed by atoms with Crippen LogP contribution >= 0.6 is 11.6 Å². The summed E-state index contributed by atoms with van der Waals surface area (Å²) in [6, 6.07) is 27.1. The Morgan fingerprint density at radius 1 is 0.636 bits per heavy atom. The molecule has 22 heavy (non-hydrogen) atoms. The molecule has 4 aromatic rings. The number of hydrogen-bond donors (Lipinski definition) is 1. The fourth-order valence-corrected chi connectivity index (χ4v) is 2.90. The molecule has 106 valence electrons. The summed E-state index contributed by atoms with van der Waals surface area (Å²) in [6.45, 7) is 0. The molecule has 1 heterocycles. The molecule has 0 radical (unpaired) electrons. The van der Waals surface area contributed by atoms with Gasteiger partial charge in [0.2, 0.25) is 0 Å². The van der Waals surface area contributed by atoms with Crippen molar-refractivity contribution in [2.24, 2.45) is 0 Å². The number of aromatic amines is 1. The van der Waals surface area contributed by atoms with E-state index in [0.29, 0.717) is 0 Å². The normalized spacial score (nSPS) is 11.0. The number of H-pyrrole nitrogens is 1. The van der Waals surface area contributed by atoms with Gasteiger partial charge >= 0.3 is 0 Å². The number of fused-ring (bicyclic) bond motifs is 1. The Morgan fingerprint density at radius 2 is 1.32 bits per heavy atom. The molecular weight excluding hydrogens is 290 g/mol. The third-order valence-electron chi connectivity index (χ3n) is 3.89. The topological polar surface area (TPSA) is 15.8 Å². The molecule has 0 bridgehead atoms. The molecule has 0 unspecified atom stereocenters. The Hall–Kier alpha value is -2.51. The molecule has 0 aliphatic heterocycles. The summed E-state index contributed by atoms with van der Waals surface area (Å²) in [7, 11) is 0. The van der Waals surface area contributed by atoms with E-state index >= 15 is 0 Å². The molecule has 1 nitrogen and oxygen atoms in total. The fourth-order valence-electron chi connectivity index (χ4n) is 2.73. The van der Waals surface area contributed by atoms with Crippen LogP contribution in [0.5, 0.6) is 0 Å². The van der Waals surface area contributed by atoms with E-state index in [2.05, 4.69) is 59.6 Å². The zero-order chi connectivity index (χ0) is 14.9. The van der Waals surface area contributed by atoms with Gasteiger partial charge in [0.05, 0.1) is 0 Å². The van der Waals surface area contributed by atoms with Crippen molar-refractivity contribution < 1.29 is 0 Å².